The van der Waals surface area contributed by atoms with Gasteiger partial charge in [-0.1, -0.05) is 0 Å². The molecule has 1 fully saturated rings. The highest BCUT2D eigenvalue weighted by molar-refractivity contribution is 6.05. The molecule has 0 aliphatic carbocycles. The summed E-state index contributed by atoms with van der Waals surface area (Å²) in [6.07, 6.45) is 1.98. The van der Waals surface area contributed by atoms with Gasteiger partial charge in [0.15, 0.2) is 0 Å². The second kappa shape index (κ2) is 9.05. The third-order valence-electron chi connectivity index (χ3n) is 4.92. The lowest BCUT2D eigenvalue weighted by Crippen LogP contribution is -2.30. The lowest BCUT2D eigenvalue weighted by Gasteiger charge is -2.22. The van der Waals surface area contributed by atoms with Crippen molar-refractivity contribution in [1.82, 2.24) is 10.6 Å². The minimum atomic E-state index is -0.629. The van der Waals surface area contributed by atoms with Crippen LogP contribution in [-0.4, -0.2) is 30.9 Å². The lowest BCUT2D eigenvalue weighted by atomic mass is 9.95. The number of carbonyl (C=O) groups is 2. The van der Waals surface area contributed by atoms with E-state index in [1.807, 2.05) is 13.8 Å². The Kier molecular flexibility index (Phi) is 6.49. The molecule has 2 heterocycles. The first kappa shape index (κ1) is 20.8. The highest BCUT2D eigenvalue weighted by Crippen LogP contribution is 2.24. The average Bonchev–Trinajstić information content (AvgIpc) is 2.68. The van der Waals surface area contributed by atoms with E-state index in [9.17, 15) is 14.4 Å². The van der Waals surface area contributed by atoms with Crippen molar-refractivity contribution in [3.8, 4) is 0 Å². The van der Waals surface area contributed by atoms with Crippen LogP contribution in [0.25, 0.3) is 0 Å². The van der Waals surface area contributed by atoms with E-state index >= 15 is 0 Å². The van der Waals surface area contributed by atoms with Crippen LogP contribution < -0.4 is 21.6 Å². The Morgan fingerprint density at radius 2 is 1.90 bits per heavy atom. The molecule has 1 aliphatic rings. The quantitative estimate of drug-likeness (QED) is 0.720. The zero-order valence-electron chi connectivity index (χ0n) is 17.0. The van der Waals surface area contributed by atoms with E-state index in [0.29, 0.717) is 22.6 Å². The SMILES string of the molecule is Cc1cc(C2CCCNC2)oc(=O)c1C(=O)Nc1ccc(C(=O)NC(C)C)cc1. The summed E-state index contributed by atoms with van der Waals surface area (Å²) in [6, 6.07) is 8.34. The molecule has 1 atom stereocenters. The number of carbonyl (C=O) groups excluding carboxylic acids is 2. The second-order valence-corrected chi connectivity index (χ2v) is 7.70. The number of hydrogen-bond acceptors (Lipinski definition) is 5. The van der Waals surface area contributed by atoms with Crippen LogP contribution in [0.2, 0.25) is 0 Å². The Bertz CT molecular complexity index is 942. The van der Waals surface area contributed by atoms with Crippen molar-refractivity contribution >= 4 is 17.5 Å². The summed E-state index contributed by atoms with van der Waals surface area (Å²) in [6.45, 7) is 7.25. The van der Waals surface area contributed by atoms with Crippen LogP contribution in [0.1, 0.15) is 64.6 Å². The predicted molar refractivity (Wildman–Crippen MR) is 112 cm³/mol. The summed E-state index contributed by atoms with van der Waals surface area (Å²) in [7, 11) is 0. The fourth-order valence-electron chi connectivity index (χ4n) is 3.45. The number of piperidine rings is 1. The molecule has 0 radical (unpaired) electrons. The molecule has 0 saturated carbocycles. The van der Waals surface area contributed by atoms with E-state index in [1.54, 1.807) is 37.3 Å². The van der Waals surface area contributed by atoms with Gasteiger partial charge in [0.25, 0.3) is 11.8 Å². The summed E-state index contributed by atoms with van der Waals surface area (Å²) < 4.78 is 5.47. The van der Waals surface area contributed by atoms with Crippen molar-refractivity contribution in [2.75, 3.05) is 18.4 Å². The van der Waals surface area contributed by atoms with E-state index in [1.165, 1.54) is 0 Å². The van der Waals surface area contributed by atoms with Gasteiger partial charge in [-0.3, -0.25) is 9.59 Å². The van der Waals surface area contributed by atoms with Gasteiger partial charge in [0, 0.05) is 29.8 Å². The monoisotopic (exact) mass is 397 g/mol. The first-order valence-corrected chi connectivity index (χ1v) is 9.92. The van der Waals surface area contributed by atoms with Gasteiger partial charge in [-0.05, 0) is 76.1 Å². The molecule has 0 spiro atoms. The molecule has 154 valence electrons. The van der Waals surface area contributed by atoms with Crippen LogP contribution >= 0.6 is 0 Å². The molecular weight excluding hydrogens is 370 g/mol. The highest BCUT2D eigenvalue weighted by Gasteiger charge is 2.22. The smallest absolute Gasteiger partial charge is 0.349 e. The van der Waals surface area contributed by atoms with Gasteiger partial charge in [0.05, 0.1) is 0 Å². The fourth-order valence-corrected chi connectivity index (χ4v) is 3.45. The van der Waals surface area contributed by atoms with Crippen molar-refractivity contribution in [2.45, 2.75) is 45.6 Å². The van der Waals surface area contributed by atoms with E-state index < -0.39 is 11.5 Å². The number of nitrogens with one attached hydrogen (secondary N) is 3. The molecule has 1 aromatic heterocycles. The van der Waals surface area contributed by atoms with Gasteiger partial charge in [-0.25, -0.2) is 4.79 Å². The molecule has 1 unspecified atom stereocenters. The lowest BCUT2D eigenvalue weighted by molar-refractivity contribution is 0.0942. The maximum Gasteiger partial charge on any atom is 0.349 e. The van der Waals surface area contributed by atoms with E-state index in [0.717, 1.165) is 25.9 Å². The van der Waals surface area contributed by atoms with Crippen molar-refractivity contribution < 1.29 is 14.0 Å². The molecule has 7 nitrogen and oxygen atoms in total. The molecule has 1 aromatic carbocycles. The van der Waals surface area contributed by atoms with Crippen LogP contribution in [0.4, 0.5) is 5.69 Å². The predicted octanol–water partition coefficient (Wildman–Crippen LogP) is 2.81. The van der Waals surface area contributed by atoms with Crippen LogP contribution in [0.15, 0.2) is 39.5 Å². The third kappa shape index (κ3) is 5.12. The highest BCUT2D eigenvalue weighted by atomic mass is 16.4. The third-order valence-corrected chi connectivity index (χ3v) is 4.92. The summed E-state index contributed by atoms with van der Waals surface area (Å²) in [5, 5.41) is 8.81. The van der Waals surface area contributed by atoms with Crippen LogP contribution in [-0.2, 0) is 0 Å². The van der Waals surface area contributed by atoms with Crippen LogP contribution in [0, 0.1) is 6.92 Å². The molecule has 0 bridgehead atoms. The summed E-state index contributed by atoms with van der Waals surface area (Å²) in [5.41, 5.74) is 0.954. The zero-order chi connectivity index (χ0) is 21.0. The van der Waals surface area contributed by atoms with Gasteiger partial charge >= 0.3 is 5.63 Å². The number of hydrogen-bond donors (Lipinski definition) is 3. The topological polar surface area (TPSA) is 100 Å². The summed E-state index contributed by atoms with van der Waals surface area (Å²) in [4.78, 5) is 37.1. The normalized spacial score (nSPS) is 16.5. The number of rotatable bonds is 5. The molecular formula is C22H27N3O4. The Morgan fingerprint density at radius 1 is 1.17 bits per heavy atom. The Hall–Kier alpha value is -2.93. The van der Waals surface area contributed by atoms with Gasteiger partial charge in [-0.15, -0.1) is 0 Å². The molecule has 3 N–H and O–H groups in total. The molecule has 1 saturated heterocycles. The van der Waals surface area contributed by atoms with E-state index in [4.69, 9.17) is 4.42 Å². The van der Waals surface area contributed by atoms with Gasteiger partial charge in [-0.2, -0.15) is 0 Å². The van der Waals surface area contributed by atoms with Gasteiger partial charge in [0.2, 0.25) is 0 Å². The molecule has 2 aromatic rings. The van der Waals surface area contributed by atoms with Crippen LogP contribution in [0.3, 0.4) is 0 Å². The Labute approximate surface area is 169 Å². The largest absolute Gasteiger partial charge is 0.427 e. The molecule has 3 rings (SSSR count). The molecule has 7 heteroatoms. The summed E-state index contributed by atoms with van der Waals surface area (Å²) in [5.74, 6) is 0.0691. The summed E-state index contributed by atoms with van der Waals surface area (Å²) >= 11 is 0. The van der Waals surface area contributed by atoms with Crippen molar-refractivity contribution in [1.29, 1.82) is 0 Å². The first-order valence-electron chi connectivity index (χ1n) is 9.92. The molecule has 1 aliphatic heterocycles. The molecule has 2 amide bonds. The molecule has 29 heavy (non-hydrogen) atoms. The van der Waals surface area contributed by atoms with Gasteiger partial charge in [0.1, 0.15) is 11.3 Å². The Balaban J connectivity index is 1.73. The number of anilines is 1. The van der Waals surface area contributed by atoms with Crippen molar-refractivity contribution in [3.63, 3.8) is 0 Å². The number of benzene rings is 1. The number of amides is 2. The maximum atomic E-state index is 12.6. The maximum absolute atomic E-state index is 12.6. The minimum absolute atomic E-state index is 0.000791. The van der Waals surface area contributed by atoms with Crippen molar-refractivity contribution in [2.24, 2.45) is 0 Å². The number of aryl methyl sites for hydroxylation is 1. The fraction of sp³-hybridized carbons (Fsp3) is 0.409. The second-order valence-electron chi connectivity index (χ2n) is 7.70. The van der Waals surface area contributed by atoms with E-state index in [2.05, 4.69) is 16.0 Å². The standard InChI is InChI=1S/C22H27N3O4/c1-13(2)24-20(26)15-6-8-17(9-7-15)25-21(27)19-14(3)11-18(29-22(19)28)16-5-4-10-23-12-16/h6-9,11,13,16,23H,4-5,10,12H2,1-3H3,(H,24,26)(H,25,27). The van der Waals surface area contributed by atoms with Crippen molar-refractivity contribution in [3.05, 3.63) is 63.2 Å². The van der Waals surface area contributed by atoms with E-state index in [-0.39, 0.29) is 23.4 Å². The first-order chi connectivity index (χ1) is 13.8. The Morgan fingerprint density at radius 3 is 2.48 bits per heavy atom. The van der Waals surface area contributed by atoms with Crippen LogP contribution in [0.5, 0.6) is 0 Å². The van der Waals surface area contributed by atoms with Gasteiger partial charge < -0.3 is 20.4 Å². The minimum Gasteiger partial charge on any atom is -0.427 e. The average molecular weight is 397 g/mol. The zero-order valence-corrected chi connectivity index (χ0v) is 17.0.